The molecule has 1 saturated heterocycles. The predicted molar refractivity (Wildman–Crippen MR) is 102 cm³/mol. The lowest BCUT2D eigenvalue weighted by Gasteiger charge is -2.28. The minimum atomic E-state index is -3.05. The quantitative estimate of drug-likeness (QED) is 0.743. The largest absolute Gasteiger partial charge is 0.334 e. The lowest BCUT2D eigenvalue weighted by atomic mass is 10.1. The number of carbonyl (C=O) groups excluding carboxylic acids is 1. The summed E-state index contributed by atoms with van der Waals surface area (Å²) in [4.78, 5) is 14.7. The fraction of sp³-hybridized carbons (Fsp3) is 0.316. The predicted octanol–water partition coefficient (Wildman–Crippen LogP) is 3.32. The molecule has 4 nitrogen and oxygen atoms in total. The number of carbonyl (C=O) groups is 1. The van der Waals surface area contributed by atoms with Crippen LogP contribution in [0, 0.1) is 0 Å². The molecule has 0 saturated carbocycles. The summed E-state index contributed by atoms with van der Waals surface area (Å²) in [6.45, 7) is 0.513. The molecule has 25 heavy (non-hydrogen) atoms. The van der Waals surface area contributed by atoms with Crippen LogP contribution in [0.15, 0.2) is 59.1 Å². The number of rotatable bonds is 5. The number of sulfone groups is 1. The molecule has 1 aliphatic heterocycles. The molecule has 1 atom stereocenters. The molecule has 0 spiro atoms. The Morgan fingerprint density at radius 2 is 1.76 bits per heavy atom. The number of benzene rings is 2. The fourth-order valence-electron chi connectivity index (χ4n) is 3.12. The molecular formula is C19H20BrNO3S. The van der Waals surface area contributed by atoms with E-state index >= 15 is 0 Å². The summed E-state index contributed by atoms with van der Waals surface area (Å²) in [5.74, 6) is 0.113. The van der Waals surface area contributed by atoms with Crippen LogP contribution in [0.25, 0.3) is 0 Å². The third kappa shape index (κ3) is 4.70. The average Bonchev–Trinajstić information content (AvgIpc) is 2.96. The van der Waals surface area contributed by atoms with Crippen LogP contribution in [0.2, 0.25) is 0 Å². The molecule has 3 rings (SSSR count). The second kappa shape index (κ2) is 7.70. The topological polar surface area (TPSA) is 54.5 Å². The van der Waals surface area contributed by atoms with E-state index in [0.717, 1.165) is 10.0 Å². The minimum Gasteiger partial charge on any atom is -0.334 e. The van der Waals surface area contributed by atoms with Gasteiger partial charge in [0.15, 0.2) is 9.84 Å². The fourth-order valence-corrected chi connectivity index (χ4v) is 5.12. The first-order chi connectivity index (χ1) is 11.9. The van der Waals surface area contributed by atoms with Crippen LogP contribution in [0.1, 0.15) is 22.3 Å². The zero-order valence-electron chi connectivity index (χ0n) is 13.8. The molecule has 1 fully saturated rings. The maximum atomic E-state index is 13.0. The Morgan fingerprint density at radius 1 is 1.08 bits per heavy atom. The molecule has 1 amide bonds. The standard InChI is InChI=1S/C19H20BrNO3S/c20-17-8-6-16(7-9-17)19(22)21(18-11-13-25(23,24)14-18)12-10-15-4-2-1-3-5-15/h1-9,18H,10-14H2/t18-/m1/s1. The van der Waals surface area contributed by atoms with Crippen molar-refractivity contribution < 1.29 is 13.2 Å². The Hall–Kier alpha value is -1.66. The second-order valence-electron chi connectivity index (χ2n) is 6.30. The Morgan fingerprint density at radius 3 is 2.36 bits per heavy atom. The van der Waals surface area contributed by atoms with E-state index in [1.807, 2.05) is 42.5 Å². The highest BCUT2D eigenvalue weighted by Gasteiger charge is 2.34. The van der Waals surface area contributed by atoms with Crippen molar-refractivity contribution in [2.24, 2.45) is 0 Å². The molecule has 1 aliphatic rings. The van der Waals surface area contributed by atoms with Gasteiger partial charge in [-0.05, 0) is 42.7 Å². The zero-order valence-corrected chi connectivity index (χ0v) is 16.2. The van der Waals surface area contributed by atoms with Gasteiger partial charge >= 0.3 is 0 Å². The highest BCUT2D eigenvalue weighted by atomic mass is 79.9. The molecule has 6 heteroatoms. The first-order valence-corrected chi connectivity index (χ1v) is 10.9. The van der Waals surface area contributed by atoms with Gasteiger partial charge in [-0.2, -0.15) is 0 Å². The molecule has 2 aromatic carbocycles. The van der Waals surface area contributed by atoms with Gasteiger partial charge in [0.2, 0.25) is 0 Å². The van der Waals surface area contributed by atoms with Gasteiger partial charge in [0, 0.05) is 22.6 Å². The normalized spacial score (nSPS) is 18.8. The van der Waals surface area contributed by atoms with Gasteiger partial charge in [-0.15, -0.1) is 0 Å². The van der Waals surface area contributed by atoms with Crippen LogP contribution in [-0.4, -0.2) is 43.3 Å². The second-order valence-corrected chi connectivity index (χ2v) is 9.44. The molecule has 1 heterocycles. The Kier molecular flexibility index (Phi) is 5.59. The Labute approximate surface area is 156 Å². The Balaban J connectivity index is 1.80. The van der Waals surface area contributed by atoms with Crippen molar-refractivity contribution in [2.75, 3.05) is 18.1 Å². The van der Waals surface area contributed by atoms with Crippen LogP contribution in [-0.2, 0) is 16.3 Å². The SMILES string of the molecule is O=C(c1ccc(Br)cc1)N(CCc1ccccc1)[C@@H]1CCS(=O)(=O)C1. The number of halogens is 1. The lowest BCUT2D eigenvalue weighted by molar-refractivity contribution is 0.0699. The minimum absolute atomic E-state index is 0.0596. The monoisotopic (exact) mass is 421 g/mol. The van der Waals surface area contributed by atoms with Crippen molar-refractivity contribution in [1.29, 1.82) is 0 Å². The van der Waals surface area contributed by atoms with E-state index in [1.54, 1.807) is 17.0 Å². The van der Waals surface area contributed by atoms with Crippen molar-refractivity contribution in [1.82, 2.24) is 4.90 Å². The number of hydrogen-bond acceptors (Lipinski definition) is 3. The van der Waals surface area contributed by atoms with Crippen LogP contribution in [0.4, 0.5) is 0 Å². The van der Waals surface area contributed by atoms with Crippen LogP contribution < -0.4 is 0 Å². The molecule has 0 N–H and O–H groups in total. The maximum Gasteiger partial charge on any atom is 0.254 e. The highest BCUT2D eigenvalue weighted by molar-refractivity contribution is 9.10. The van der Waals surface area contributed by atoms with E-state index < -0.39 is 9.84 Å². The maximum absolute atomic E-state index is 13.0. The van der Waals surface area contributed by atoms with Crippen molar-refractivity contribution in [3.05, 3.63) is 70.2 Å². The van der Waals surface area contributed by atoms with E-state index in [4.69, 9.17) is 0 Å². The molecular weight excluding hydrogens is 402 g/mol. The molecule has 2 aromatic rings. The number of nitrogens with zero attached hydrogens (tertiary/aromatic N) is 1. The molecule has 0 bridgehead atoms. The number of amides is 1. The van der Waals surface area contributed by atoms with Crippen LogP contribution in [0.5, 0.6) is 0 Å². The van der Waals surface area contributed by atoms with E-state index in [2.05, 4.69) is 15.9 Å². The summed E-state index contributed by atoms with van der Waals surface area (Å²) in [7, 11) is -3.05. The molecule has 0 radical (unpaired) electrons. The summed E-state index contributed by atoms with van der Waals surface area (Å²) in [5.41, 5.74) is 1.72. The lowest BCUT2D eigenvalue weighted by Crippen LogP contribution is -2.42. The van der Waals surface area contributed by atoms with Gasteiger partial charge in [-0.25, -0.2) is 8.42 Å². The summed E-state index contributed by atoms with van der Waals surface area (Å²) < 4.78 is 24.7. The zero-order chi connectivity index (χ0) is 17.9. The molecule has 0 aromatic heterocycles. The summed E-state index contributed by atoms with van der Waals surface area (Å²) in [5, 5.41) is 0. The van der Waals surface area contributed by atoms with E-state index in [1.165, 1.54) is 0 Å². The van der Waals surface area contributed by atoms with Crippen molar-refractivity contribution >= 4 is 31.7 Å². The van der Waals surface area contributed by atoms with Crippen molar-refractivity contribution in [3.8, 4) is 0 Å². The van der Waals surface area contributed by atoms with Gasteiger partial charge in [0.1, 0.15) is 0 Å². The molecule has 0 unspecified atom stereocenters. The van der Waals surface area contributed by atoms with E-state index in [-0.39, 0.29) is 23.5 Å². The van der Waals surface area contributed by atoms with Gasteiger partial charge in [0.25, 0.3) is 5.91 Å². The summed E-state index contributed by atoms with van der Waals surface area (Å²) in [6, 6.07) is 16.9. The van der Waals surface area contributed by atoms with Crippen molar-refractivity contribution in [3.63, 3.8) is 0 Å². The first-order valence-electron chi connectivity index (χ1n) is 8.25. The van der Waals surface area contributed by atoms with Gasteiger partial charge in [-0.1, -0.05) is 46.3 Å². The smallest absolute Gasteiger partial charge is 0.254 e. The van der Waals surface area contributed by atoms with Crippen molar-refractivity contribution in [2.45, 2.75) is 18.9 Å². The van der Waals surface area contributed by atoms with E-state index in [9.17, 15) is 13.2 Å². The molecule has 0 aliphatic carbocycles. The molecule has 132 valence electrons. The highest BCUT2D eigenvalue weighted by Crippen LogP contribution is 2.21. The van der Waals surface area contributed by atoms with Crippen LogP contribution >= 0.6 is 15.9 Å². The van der Waals surface area contributed by atoms with Gasteiger partial charge < -0.3 is 4.90 Å². The van der Waals surface area contributed by atoms with Crippen LogP contribution in [0.3, 0.4) is 0 Å². The van der Waals surface area contributed by atoms with Gasteiger partial charge in [0.05, 0.1) is 11.5 Å². The van der Waals surface area contributed by atoms with E-state index in [0.29, 0.717) is 24.9 Å². The third-order valence-corrected chi connectivity index (χ3v) is 6.76. The Bertz CT molecular complexity index is 835. The summed E-state index contributed by atoms with van der Waals surface area (Å²) in [6.07, 6.45) is 1.22. The average molecular weight is 422 g/mol. The van der Waals surface area contributed by atoms with Gasteiger partial charge in [-0.3, -0.25) is 4.79 Å². The first kappa shape index (κ1) is 18.1. The summed E-state index contributed by atoms with van der Waals surface area (Å²) >= 11 is 3.37. The number of hydrogen-bond donors (Lipinski definition) is 0. The third-order valence-electron chi connectivity index (χ3n) is 4.49.